The van der Waals surface area contributed by atoms with E-state index < -0.39 is 0 Å². The lowest BCUT2D eigenvalue weighted by Crippen LogP contribution is -2.38. The summed E-state index contributed by atoms with van der Waals surface area (Å²) >= 11 is 0. The van der Waals surface area contributed by atoms with E-state index in [9.17, 15) is 0 Å². The van der Waals surface area contributed by atoms with Crippen LogP contribution in [0, 0.1) is 11.8 Å². The highest BCUT2D eigenvalue weighted by atomic mass is 16.5. The second kappa shape index (κ2) is 7.55. The van der Waals surface area contributed by atoms with Gasteiger partial charge in [-0.2, -0.15) is 0 Å². The molecule has 0 heterocycles. The van der Waals surface area contributed by atoms with E-state index in [4.69, 9.17) is 19.9 Å². The minimum absolute atomic E-state index is 0.186. The first-order chi connectivity index (χ1) is 10.2. The molecule has 2 N–H and O–H groups in total. The van der Waals surface area contributed by atoms with Gasteiger partial charge in [-0.1, -0.05) is 13.3 Å². The van der Waals surface area contributed by atoms with Gasteiger partial charge >= 0.3 is 0 Å². The van der Waals surface area contributed by atoms with Gasteiger partial charge < -0.3 is 19.9 Å². The monoisotopic (exact) mass is 293 g/mol. The van der Waals surface area contributed by atoms with Crippen LogP contribution in [-0.2, 0) is 0 Å². The normalized spacial score (nSPS) is 25.4. The first kappa shape index (κ1) is 16.0. The third-order valence-corrected chi connectivity index (χ3v) is 4.53. The molecule has 1 aromatic carbocycles. The number of methoxy groups -OCH3 is 2. The van der Waals surface area contributed by atoms with Crippen LogP contribution in [0.2, 0.25) is 0 Å². The molecule has 0 bridgehead atoms. The van der Waals surface area contributed by atoms with Gasteiger partial charge in [-0.3, -0.25) is 0 Å². The van der Waals surface area contributed by atoms with E-state index in [1.807, 2.05) is 18.2 Å². The topological polar surface area (TPSA) is 53.7 Å². The lowest BCUT2D eigenvalue weighted by molar-refractivity contribution is 0.0680. The largest absolute Gasteiger partial charge is 0.496 e. The van der Waals surface area contributed by atoms with Crippen LogP contribution in [-0.4, -0.2) is 26.9 Å². The number of ether oxygens (including phenoxy) is 3. The van der Waals surface area contributed by atoms with Crippen molar-refractivity contribution in [3.05, 3.63) is 18.2 Å². The molecule has 3 atom stereocenters. The highest BCUT2D eigenvalue weighted by Crippen LogP contribution is 2.35. The quantitative estimate of drug-likeness (QED) is 0.875. The van der Waals surface area contributed by atoms with Crippen molar-refractivity contribution >= 4 is 0 Å². The molecule has 2 rings (SSSR count). The minimum Gasteiger partial charge on any atom is -0.496 e. The molecule has 3 unspecified atom stereocenters. The van der Waals surface area contributed by atoms with E-state index in [1.54, 1.807) is 14.2 Å². The number of hydrogen-bond donors (Lipinski definition) is 1. The van der Waals surface area contributed by atoms with Crippen LogP contribution in [0.4, 0.5) is 0 Å². The summed E-state index contributed by atoms with van der Waals surface area (Å²) in [6, 6.07) is 5.67. The summed E-state index contributed by atoms with van der Waals surface area (Å²) in [7, 11) is 3.30. The summed E-state index contributed by atoms with van der Waals surface area (Å²) in [6.07, 6.45) is 4.89. The van der Waals surface area contributed by atoms with Gasteiger partial charge in [-0.25, -0.2) is 0 Å². The van der Waals surface area contributed by atoms with Crippen molar-refractivity contribution in [1.29, 1.82) is 0 Å². The van der Waals surface area contributed by atoms with E-state index in [0.717, 1.165) is 36.0 Å². The fourth-order valence-electron chi connectivity index (χ4n) is 3.08. The van der Waals surface area contributed by atoms with Gasteiger partial charge in [0.05, 0.1) is 14.2 Å². The molecule has 0 saturated heterocycles. The van der Waals surface area contributed by atoms with Gasteiger partial charge in [-0.05, 0) is 31.7 Å². The molecule has 1 saturated carbocycles. The number of hydrogen-bond acceptors (Lipinski definition) is 4. The van der Waals surface area contributed by atoms with Gasteiger partial charge in [0.15, 0.2) is 0 Å². The molecule has 1 aliphatic rings. The Hall–Kier alpha value is -1.42. The molecule has 0 amide bonds. The van der Waals surface area contributed by atoms with Crippen molar-refractivity contribution < 1.29 is 14.2 Å². The molecule has 4 heteroatoms. The molecular weight excluding hydrogens is 266 g/mol. The first-order valence-corrected chi connectivity index (χ1v) is 7.79. The van der Waals surface area contributed by atoms with Gasteiger partial charge in [0.1, 0.15) is 23.4 Å². The van der Waals surface area contributed by atoms with E-state index in [0.29, 0.717) is 12.5 Å². The average Bonchev–Trinajstić information content (AvgIpc) is 2.54. The van der Waals surface area contributed by atoms with Crippen LogP contribution < -0.4 is 19.9 Å². The highest BCUT2D eigenvalue weighted by Gasteiger charge is 2.30. The number of rotatable bonds is 6. The van der Waals surface area contributed by atoms with Crippen molar-refractivity contribution in [2.24, 2.45) is 17.6 Å². The summed E-state index contributed by atoms with van der Waals surface area (Å²) in [5.41, 5.74) is 5.92. The zero-order valence-electron chi connectivity index (χ0n) is 13.3. The van der Waals surface area contributed by atoms with Crippen molar-refractivity contribution in [1.82, 2.24) is 0 Å². The molecule has 0 aliphatic heterocycles. The number of nitrogens with two attached hydrogens (primary N) is 1. The SMILES string of the molecule is CCC1CCC(CN)C(Oc2cc(OC)cc(OC)c2)C1. The third-order valence-electron chi connectivity index (χ3n) is 4.53. The van der Waals surface area contributed by atoms with E-state index in [2.05, 4.69) is 6.92 Å². The highest BCUT2D eigenvalue weighted by molar-refractivity contribution is 5.42. The summed E-state index contributed by atoms with van der Waals surface area (Å²) in [6.45, 7) is 2.93. The maximum absolute atomic E-state index is 6.24. The summed E-state index contributed by atoms with van der Waals surface area (Å²) < 4.78 is 16.8. The average molecular weight is 293 g/mol. The second-order valence-corrected chi connectivity index (χ2v) is 5.79. The summed E-state index contributed by atoms with van der Waals surface area (Å²) in [4.78, 5) is 0. The second-order valence-electron chi connectivity index (χ2n) is 5.79. The van der Waals surface area contributed by atoms with Crippen molar-refractivity contribution in [3.8, 4) is 17.2 Å². The fraction of sp³-hybridized carbons (Fsp3) is 0.647. The summed E-state index contributed by atoms with van der Waals surface area (Å²) in [5, 5.41) is 0. The summed E-state index contributed by atoms with van der Waals surface area (Å²) in [5.74, 6) is 3.47. The third kappa shape index (κ3) is 4.03. The Morgan fingerprint density at radius 2 is 1.67 bits per heavy atom. The number of benzene rings is 1. The molecule has 4 nitrogen and oxygen atoms in total. The van der Waals surface area contributed by atoms with Crippen LogP contribution in [0.1, 0.15) is 32.6 Å². The van der Waals surface area contributed by atoms with Crippen molar-refractivity contribution in [2.45, 2.75) is 38.7 Å². The Bertz CT molecular complexity index is 427. The van der Waals surface area contributed by atoms with Gasteiger partial charge in [0.25, 0.3) is 0 Å². The molecule has 1 fully saturated rings. The van der Waals surface area contributed by atoms with Crippen molar-refractivity contribution in [2.75, 3.05) is 20.8 Å². The fourth-order valence-corrected chi connectivity index (χ4v) is 3.08. The Labute approximate surface area is 127 Å². The standard InChI is InChI=1S/C17H27NO3/c1-4-12-5-6-13(11-18)17(7-12)21-16-9-14(19-2)8-15(10-16)20-3/h8-10,12-13,17H,4-7,11,18H2,1-3H3. The first-order valence-electron chi connectivity index (χ1n) is 7.79. The lowest BCUT2D eigenvalue weighted by atomic mass is 9.78. The Morgan fingerprint density at radius 1 is 1.05 bits per heavy atom. The minimum atomic E-state index is 0.186. The molecule has 1 aliphatic carbocycles. The maximum Gasteiger partial charge on any atom is 0.127 e. The van der Waals surface area contributed by atoms with Crippen LogP contribution in [0.3, 0.4) is 0 Å². The van der Waals surface area contributed by atoms with Crippen LogP contribution >= 0.6 is 0 Å². The Balaban J connectivity index is 2.14. The zero-order valence-corrected chi connectivity index (χ0v) is 13.3. The molecule has 21 heavy (non-hydrogen) atoms. The van der Waals surface area contributed by atoms with E-state index in [1.165, 1.54) is 12.8 Å². The van der Waals surface area contributed by atoms with Crippen molar-refractivity contribution in [3.63, 3.8) is 0 Å². The van der Waals surface area contributed by atoms with Gasteiger partial charge in [-0.15, -0.1) is 0 Å². The molecule has 0 spiro atoms. The lowest BCUT2D eigenvalue weighted by Gasteiger charge is -2.35. The van der Waals surface area contributed by atoms with Gasteiger partial charge in [0, 0.05) is 24.1 Å². The smallest absolute Gasteiger partial charge is 0.127 e. The molecular formula is C17H27NO3. The molecule has 118 valence electrons. The van der Waals surface area contributed by atoms with Crippen LogP contribution in [0.5, 0.6) is 17.2 Å². The molecule has 0 aromatic heterocycles. The zero-order chi connectivity index (χ0) is 15.2. The van der Waals surface area contributed by atoms with Crippen LogP contribution in [0.25, 0.3) is 0 Å². The van der Waals surface area contributed by atoms with E-state index >= 15 is 0 Å². The van der Waals surface area contributed by atoms with E-state index in [-0.39, 0.29) is 6.10 Å². The Kier molecular flexibility index (Phi) is 5.74. The maximum atomic E-state index is 6.24. The Morgan fingerprint density at radius 3 is 2.19 bits per heavy atom. The molecule has 0 radical (unpaired) electrons. The predicted molar refractivity (Wildman–Crippen MR) is 84.1 cm³/mol. The predicted octanol–water partition coefficient (Wildman–Crippen LogP) is 3.24. The van der Waals surface area contributed by atoms with Gasteiger partial charge in [0.2, 0.25) is 0 Å². The van der Waals surface area contributed by atoms with Crippen LogP contribution in [0.15, 0.2) is 18.2 Å². The molecule has 1 aromatic rings.